The van der Waals surface area contributed by atoms with Crippen LogP contribution in [0.3, 0.4) is 0 Å². The first kappa shape index (κ1) is 23.6. The van der Waals surface area contributed by atoms with Gasteiger partial charge in [-0.05, 0) is 46.0 Å². The minimum Gasteiger partial charge on any atom is -0.469 e. The van der Waals surface area contributed by atoms with E-state index in [-0.39, 0.29) is 18.0 Å². The first-order chi connectivity index (χ1) is 12.9. The van der Waals surface area contributed by atoms with E-state index in [4.69, 9.17) is 14.5 Å². The zero-order valence-electron chi connectivity index (χ0n) is 17.7. The van der Waals surface area contributed by atoms with Gasteiger partial charge in [-0.3, -0.25) is 4.79 Å². The summed E-state index contributed by atoms with van der Waals surface area (Å²) >= 11 is 0. The number of esters is 1. The second-order valence-electron chi connectivity index (χ2n) is 7.92. The van der Waals surface area contributed by atoms with Crippen LogP contribution in [0.5, 0.6) is 0 Å². The number of ether oxygens (including phenoxy) is 1. The fraction of sp³-hybridized carbons (Fsp3) is 0.696. The van der Waals surface area contributed by atoms with Crippen molar-refractivity contribution in [2.24, 2.45) is 0 Å². The van der Waals surface area contributed by atoms with Gasteiger partial charge in [-0.25, -0.2) is 9.78 Å². The van der Waals surface area contributed by atoms with Crippen LogP contribution in [0.1, 0.15) is 85.0 Å². The summed E-state index contributed by atoms with van der Waals surface area (Å²) < 4.78 is 4.74. The van der Waals surface area contributed by atoms with E-state index in [1.165, 1.54) is 26.4 Å². The zero-order chi connectivity index (χ0) is 20.0. The maximum atomic E-state index is 11.5. The van der Waals surface area contributed by atoms with Gasteiger partial charge in [0.1, 0.15) is 11.2 Å². The molecule has 1 fully saturated rings. The Labute approximate surface area is 165 Å². The average molecular weight is 379 g/mol. The molecule has 4 nitrogen and oxygen atoms in total. The minimum atomic E-state index is -0.577. The van der Waals surface area contributed by atoms with Crippen LogP contribution in [-0.2, 0) is 19.3 Å². The van der Waals surface area contributed by atoms with Gasteiger partial charge in [-0.1, -0.05) is 62.6 Å². The Bertz CT molecular complexity index is 509. The standard InChI is InChI=1S/C23H38O4/c1-5-6-7-8-9-10-11-12-13-14-15-16-17-18-22(2)20-23(3,27-26-22)19-21(24)25-4/h6-7,9-12H,5,8,13-20H2,1-4H3/b7-6-,10-9+,12-11+/t22-,23-/m0/s1. The summed E-state index contributed by atoms with van der Waals surface area (Å²) in [6, 6.07) is 0. The molecule has 1 rings (SSSR count). The third kappa shape index (κ3) is 10.5. The van der Waals surface area contributed by atoms with E-state index < -0.39 is 5.60 Å². The lowest BCUT2D eigenvalue weighted by molar-refractivity contribution is -0.345. The quantitative estimate of drug-likeness (QED) is 0.125. The Morgan fingerprint density at radius 3 is 2.41 bits per heavy atom. The number of methoxy groups -OCH3 is 1. The van der Waals surface area contributed by atoms with E-state index in [1.807, 2.05) is 6.92 Å². The Balaban J connectivity index is 2.09. The zero-order valence-corrected chi connectivity index (χ0v) is 17.7. The molecule has 0 amide bonds. The molecule has 2 atom stereocenters. The highest BCUT2D eigenvalue weighted by Crippen LogP contribution is 2.41. The number of carbonyl (C=O) groups excluding carboxylic acids is 1. The molecule has 0 spiro atoms. The van der Waals surface area contributed by atoms with Crippen LogP contribution in [0.15, 0.2) is 36.5 Å². The molecular formula is C23H38O4. The molecule has 0 N–H and O–H groups in total. The third-order valence-corrected chi connectivity index (χ3v) is 4.82. The molecule has 0 aromatic rings. The summed E-state index contributed by atoms with van der Waals surface area (Å²) in [5.41, 5.74) is -0.883. The monoisotopic (exact) mass is 378 g/mol. The predicted octanol–water partition coefficient (Wildman–Crippen LogP) is 6.23. The Morgan fingerprint density at radius 2 is 1.67 bits per heavy atom. The summed E-state index contributed by atoms with van der Waals surface area (Å²) in [5.74, 6) is -0.259. The van der Waals surface area contributed by atoms with Crippen molar-refractivity contribution >= 4 is 5.97 Å². The van der Waals surface area contributed by atoms with Crippen molar-refractivity contribution in [2.75, 3.05) is 7.11 Å². The first-order valence-corrected chi connectivity index (χ1v) is 10.3. The second-order valence-corrected chi connectivity index (χ2v) is 7.92. The molecule has 0 saturated carbocycles. The van der Waals surface area contributed by atoms with Crippen LogP contribution in [0, 0.1) is 0 Å². The average Bonchev–Trinajstić information content (AvgIpc) is 2.93. The molecule has 1 aliphatic rings. The van der Waals surface area contributed by atoms with Crippen LogP contribution in [-0.4, -0.2) is 24.3 Å². The van der Waals surface area contributed by atoms with Crippen molar-refractivity contribution in [2.45, 2.75) is 96.2 Å². The number of hydrogen-bond acceptors (Lipinski definition) is 4. The van der Waals surface area contributed by atoms with E-state index in [0.29, 0.717) is 0 Å². The molecule has 1 heterocycles. The van der Waals surface area contributed by atoms with Gasteiger partial charge in [0.05, 0.1) is 13.5 Å². The lowest BCUT2D eigenvalue weighted by atomic mass is 9.85. The van der Waals surface area contributed by atoms with Gasteiger partial charge in [-0.2, -0.15) is 0 Å². The van der Waals surface area contributed by atoms with Crippen molar-refractivity contribution in [1.29, 1.82) is 0 Å². The minimum absolute atomic E-state index is 0.231. The number of hydrogen-bond donors (Lipinski definition) is 0. The van der Waals surface area contributed by atoms with E-state index in [1.54, 1.807) is 0 Å². The number of carbonyl (C=O) groups is 1. The largest absolute Gasteiger partial charge is 0.469 e. The molecule has 0 aromatic carbocycles. The number of rotatable bonds is 13. The van der Waals surface area contributed by atoms with Crippen molar-refractivity contribution in [1.82, 2.24) is 0 Å². The molecule has 0 radical (unpaired) electrons. The maximum Gasteiger partial charge on any atom is 0.308 e. The van der Waals surface area contributed by atoms with Gasteiger partial charge >= 0.3 is 5.97 Å². The Hall–Kier alpha value is -1.39. The normalized spacial score (nSPS) is 25.9. The molecule has 4 heteroatoms. The van der Waals surface area contributed by atoms with E-state index in [0.717, 1.165) is 38.5 Å². The highest BCUT2D eigenvalue weighted by atomic mass is 17.2. The van der Waals surface area contributed by atoms with Gasteiger partial charge in [0.2, 0.25) is 0 Å². The van der Waals surface area contributed by atoms with E-state index in [9.17, 15) is 4.79 Å². The van der Waals surface area contributed by atoms with Gasteiger partial charge < -0.3 is 4.74 Å². The summed E-state index contributed by atoms with van der Waals surface area (Å²) in [6.45, 7) is 6.13. The van der Waals surface area contributed by atoms with Crippen LogP contribution in [0.25, 0.3) is 0 Å². The summed E-state index contributed by atoms with van der Waals surface area (Å²) in [6.07, 6.45) is 23.0. The second kappa shape index (κ2) is 12.9. The van der Waals surface area contributed by atoms with Crippen LogP contribution in [0.4, 0.5) is 0 Å². The molecule has 0 bridgehead atoms. The van der Waals surface area contributed by atoms with E-state index in [2.05, 4.69) is 50.3 Å². The van der Waals surface area contributed by atoms with Gasteiger partial charge in [-0.15, -0.1) is 0 Å². The molecular weight excluding hydrogens is 340 g/mol. The molecule has 27 heavy (non-hydrogen) atoms. The molecule has 154 valence electrons. The highest BCUT2D eigenvalue weighted by molar-refractivity contribution is 5.70. The first-order valence-electron chi connectivity index (χ1n) is 10.3. The lowest BCUT2D eigenvalue weighted by Crippen LogP contribution is -2.31. The fourth-order valence-corrected chi connectivity index (χ4v) is 3.44. The summed E-state index contributed by atoms with van der Waals surface area (Å²) in [5, 5.41) is 0. The molecule has 1 saturated heterocycles. The number of unbranched alkanes of at least 4 members (excludes halogenated alkanes) is 4. The van der Waals surface area contributed by atoms with Gasteiger partial charge in [0, 0.05) is 6.42 Å². The fourth-order valence-electron chi connectivity index (χ4n) is 3.44. The van der Waals surface area contributed by atoms with Crippen molar-refractivity contribution in [3.8, 4) is 0 Å². The topological polar surface area (TPSA) is 44.8 Å². The van der Waals surface area contributed by atoms with Crippen molar-refractivity contribution < 1.29 is 19.3 Å². The van der Waals surface area contributed by atoms with Crippen molar-refractivity contribution in [3.05, 3.63) is 36.5 Å². The highest BCUT2D eigenvalue weighted by Gasteiger charge is 2.47. The SMILES string of the molecule is CC/C=C\C/C=C/C=C/CCCCCC[C@@]1(C)C[C@](C)(CC(=O)OC)OO1. The van der Waals surface area contributed by atoms with Gasteiger partial charge in [0.15, 0.2) is 0 Å². The molecule has 0 unspecified atom stereocenters. The van der Waals surface area contributed by atoms with Crippen LogP contribution in [0.2, 0.25) is 0 Å². The predicted molar refractivity (Wildman–Crippen MR) is 110 cm³/mol. The number of allylic oxidation sites excluding steroid dienone is 6. The van der Waals surface area contributed by atoms with E-state index >= 15 is 0 Å². The Kier molecular flexibility index (Phi) is 11.3. The van der Waals surface area contributed by atoms with Crippen molar-refractivity contribution in [3.63, 3.8) is 0 Å². The smallest absolute Gasteiger partial charge is 0.308 e. The van der Waals surface area contributed by atoms with Crippen LogP contribution < -0.4 is 0 Å². The lowest BCUT2D eigenvalue weighted by Gasteiger charge is -2.22. The maximum absolute atomic E-state index is 11.5. The molecule has 1 aliphatic heterocycles. The molecule has 0 aromatic heterocycles. The summed E-state index contributed by atoms with van der Waals surface area (Å²) in [7, 11) is 1.40. The third-order valence-electron chi connectivity index (χ3n) is 4.82. The summed E-state index contributed by atoms with van der Waals surface area (Å²) in [4.78, 5) is 22.5. The molecule has 0 aliphatic carbocycles. The van der Waals surface area contributed by atoms with Gasteiger partial charge in [0.25, 0.3) is 0 Å². The van der Waals surface area contributed by atoms with Crippen LogP contribution >= 0.6 is 0 Å². The Morgan fingerprint density at radius 1 is 0.963 bits per heavy atom.